The molecule has 1 N–H and O–H groups in total. The van der Waals surface area contributed by atoms with E-state index >= 15 is 0 Å². The van der Waals surface area contributed by atoms with E-state index in [0.717, 1.165) is 5.56 Å². The molecule has 0 saturated heterocycles. The minimum absolute atomic E-state index is 0.0364. The minimum atomic E-state index is -0.358. The Balaban J connectivity index is 1.49. The lowest BCUT2D eigenvalue weighted by molar-refractivity contribution is -0.133. The van der Waals surface area contributed by atoms with Crippen molar-refractivity contribution in [3.63, 3.8) is 0 Å². The molecule has 0 aliphatic carbocycles. The van der Waals surface area contributed by atoms with Crippen LogP contribution in [0.4, 0.5) is 10.1 Å². The normalized spacial score (nSPS) is 10.6. The Bertz CT molecular complexity index is 995. The van der Waals surface area contributed by atoms with Gasteiger partial charge in [-0.15, -0.1) is 0 Å². The van der Waals surface area contributed by atoms with Gasteiger partial charge in [0, 0.05) is 25.6 Å². The summed E-state index contributed by atoms with van der Waals surface area (Å²) in [6.07, 6.45) is 0.565. The van der Waals surface area contributed by atoms with Crippen molar-refractivity contribution in [3.05, 3.63) is 77.8 Å². The SMILES string of the molecule is Cc1ccc(NC(=O)CN(C)C(=O)CCc2ccc(-c3ccccc3F)o2)cc1. The van der Waals surface area contributed by atoms with Crippen molar-refractivity contribution >= 4 is 17.5 Å². The number of anilines is 1. The van der Waals surface area contributed by atoms with E-state index in [1.807, 2.05) is 31.2 Å². The smallest absolute Gasteiger partial charge is 0.243 e. The summed E-state index contributed by atoms with van der Waals surface area (Å²) in [7, 11) is 1.59. The van der Waals surface area contributed by atoms with Crippen LogP contribution >= 0.6 is 0 Å². The van der Waals surface area contributed by atoms with Gasteiger partial charge in [0.15, 0.2) is 0 Å². The molecule has 150 valence electrons. The van der Waals surface area contributed by atoms with Gasteiger partial charge in [-0.1, -0.05) is 29.8 Å². The highest BCUT2D eigenvalue weighted by molar-refractivity contribution is 5.94. The number of hydrogen-bond acceptors (Lipinski definition) is 3. The molecule has 0 radical (unpaired) electrons. The number of carbonyl (C=O) groups excluding carboxylic acids is 2. The van der Waals surface area contributed by atoms with Crippen LogP contribution in [0.1, 0.15) is 17.7 Å². The standard InChI is InChI=1S/C23H23FN2O3/c1-16-7-9-17(10-8-16)25-22(27)15-26(2)23(28)14-12-18-11-13-21(29-18)19-5-3-4-6-20(19)24/h3-11,13H,12,14-15H2,1-2H3,(H,25,27). The third kappa shape index (κ3) is 5.54. The maximum atomic E-state index is 13.8. The van der Waals surface area contributed by atoms with Crippen LogP contribution in [0.25, 0.3) is 11.3 Å². The number of furan rings is 1. The monoisotopic (exact) mass is 394 g/mol. The second-order valence-corrected chi connectivity index (χ2v) is 6.91. The predicted molar refractivity (Wildman–Crippen MR) is 110 cm³/mol. The van der Waals surface area contributed by atoms with Gasteiger partial charge in [-0.05, 0) is 43.3 Å². The van der Waals surface area contributed by atoms with Gasteiger partial charge in [0.2, 0.25) is 11.8 Å². The van der Waals surface area contributed by atoms with Gasteiger partial charge < -0.3 is 14.6 Å². The first kappa shape index (κ1) is 20.3. The Morgan fingerprint density at radius 1 is 1.03 bits per heavy atom. The van der Waals surface area contributed by atoms with Crippen LogP contribution in [0.2, 0.25) is 0 Å². The van der Waals surface area contributed by atoms with Crippen molar-refractivity contribution in [2.24, 2.45) is 0 Å². The summed E-state index contributed by atoms with van der Waals surface area (Å²) in [5, 5.41) is 2.77. The van der Waals surface area contributed by atoms with Gasteiger partial charge in [-0.3, -0.25) is 9.59 Å². The lowest BCUT2D eigenvalue weighted by Gasteiger charge is -2.16. The fourth-order valence-electron chi connectivity index (χ4n) is 2.88. The molecule has 0 unspecified atom stereocenters. The summed E-state index contributed by atoms with van der Waals surface area (Å²) in [6.45, 7) is 1.93. The molecule has 0 atom stereocenters. The van der Waals surface area contributed by atoms with E-state index < -0.39 is 0 Å². The fourth-order valence-corrected chi connectivity index (χ4v) is 2.88. The summed E-state index contributed by atoms with van der Waals surface area (Å²) in [5.41, 5.74) is 2.18. The number of nitrogens with zero attached hydrogens (tertiary/aromatic N) is 1. The van der Waals surface area contributed by atoms with E-state index in [2.05, 4.69) is 5.32 Å². The molecule has 0 spiro atoms. The first-order valence-electron chi connectivity index (χ1n) is 9.36. The summed E-state index contributed by atoms with van der Waals surface area (Å²) < 4.78 is 19.5. The minimum Gasteiger partial charge on any atom is -0.461 e. The molecule has 3 aromatic rings. The highest BCUT2D eigenvalue weighted by Gasteiger charge is 2.15. The molecule has 3 rings (SSSR count). The van der Waals surface area contributed by atoms with Gasteiger partial charge in [-0.2, -0.15) is 0 Å². The van der Waals surface area contributed by atoms with Crippen LogP contribution in [-0.4, -0.2) is 30.3 Å². The van der Waals surface area contributed by atoms with Gasteiger partial charge >= 0.3 is 0 Å². The van der Waals surface area contributed by atoms with E-state index in [9.17, 15) is 14.0 Å². The zero-order chi connectivity index (χ0) is 20.8. The first-order valence-corrected chi connectivity index (χ1v) is 9.36. The zero-order valence-electron chi connectivity index (χ0n) is 16.4. The van der Waals surface area contributed by atoms with E-state index in [1.165, 1.54) is 11.0 Å². The number of hydrogen-bond donors (Lipinski definition) is 1. The van der Waals surface area contributed by atoms with Gasteiger partial charge in [0.1, 0.15) is 17.3 Å². The number of halogens is 1. The Kier molecular flexibility index (Phi) is 6.44. The number of benzene rings is 2. The highest BCUT2D eigenvalue weighted by atomic mass is 19.1. The first-order chi connectivity index (χ1) is 13.9. The number of amides is 2. The quantitative estimate of drug-likeness (QED) is 0.645. The molecule has 2 aromatic carbocycles. The Labute approximate surface area is 169 Å². The third-order valence-electron chi connectivity index (χ3n) is 4.53. The maximum absolute atomic E-state index is 13.8. The average molecular weight is 394 g/mol. The van der Waals surface area contributed by atoms with E-state index in [-0.39, 0.29) is 30.6 Å². The van der Waals surface area contributed by atoms with Crippen molar-refractivity contribution in [1.29, 1.82) is 0 Å². The largest absolute Gasteiger partial charge is 0.461 e. The van der Waals surface area contributed by atoms with Gasteiger partial charge in [-0.25, -0.2) is 4.39 Å². The number of rotatable bonds is 7. The molecule has 0 bridgehead atoms. The Morgan fingerprint density at radius 3 is 2.48 bits per heavy atom. The molecule has 5 nitrogen and oxygen atoms in total. The molecule has 29 heavy (non-hydrogen) atoms. The van der Waals surface area contributed by atoms with Crippen molar-refractivity contribution < 1.29 is 18.4 Å². The second-order valence-electron chi connectivity index (χ2n) is 6.91. The molecular weight excluding hydrogens is 371 g/mol. The lowest BCUT2D eigenvalue weighted by atomic mass is 10.1. The summed E-state index contributed by atoms with van der Waals surface area (Å²) in [6, 6.07) is 17.2. The van der Waals surface area contributed by atoms with E-state index in [4.69, 9.17) is 4.42 Å². The molecule has 0 saturated carbocycles. The van der Waals surface area contributed by atoms with Crippen molar-refractivity contribution in [2.75, 3.05) is 18.9 Å². The number of carbonyl (C=O) groups is 2. The zero-order valence-corrected chi connectivity index (χ0v) is 16.4. The molecule has 6 heteroatoms. The van der Waals surface area contributed by atoms with Gasteiger partial charge in [0.05, 0.1) is 12.1 Å². The molecule has 0 aliphatic heterocycles. The van der Waals surface area contributed by atoms with E-state index in [1.54, 1.807) is 37.4 Å². The fraction of sp³-hybridized carbons (Fsp3) is 0.217. The third-order valence-corrected chi connectivity index (χ3v) is 4.53. The summed E-state index contributed by atoms with van der Waals surface area (Å²) in [4.78, 5) is 25.8. The Morgan fingerprint density at radius 2 is 1.76 bits per heavy atom. The molecule has 0 fully saturated rings. The number of nitrogens with one attached hydrogen (secondary N) is 1. The second kappa shape index (κ2) is 9.19. The molecule has 1 aromatic heterocycles. The Hall–Kier alpha value is -3.41. The van der Waals surface area contributed by atoms with Crippen LogP contribution in [-0.2, 0) is 16.0 Å². The van der Waals surface area contributed by atoms with Crippen LogP contribution in [0.15, 0.2) is 65.1 Å². The number of aryl methyl sites for hydroxylation is 2. The van der Waals surface area contributed by atoms with Crippen LogP contribution in [0, 0.1) is 12.7 Å². The predicted octanol–water partition coefficient (Wildman–Crippen LogP) is 4.42. The van der Waals surface area contributed by atoms with Crippen LogP contribution < -0.4 is 5.32 Å². The average Bonchev–Trinajstić information content (AvgIpc) is 3.17. The molecule has 2 amide bonds. The summed E-state index contributed by atoms with van der Waals surface area (Å²) in [5.74, 6) is 0.228. The van der Waals surface area contributed by atoms with Gasteiger partial charge in [0.25, 0.3) is 0 Å². The summed E-state index contributed by atoms with van der Waals surface area (Å²) >= 11 is 0. The topological polar surface area (TPSA) is 62.6 Å². The maximum Gasteiger partial charge on any atom is 0.243 e. The molecular formula is C23H23FN2O3. The highest BCUT2D eigenvalue weighted by Crippen LogP contribution is 2.25. The molecule has 1 heterocycles. The van der Waals surface area contributed by atoms with E-state index in [0.29, 0.717) is 29.2 Å². The van der Waals surface area contributed by atoms with Crippen LogP contribution in [0.3, 0.4) is 0 Å². The van der Waals surface area contributed by atoms with Crippen molar-refractivity contribution in [2.45, 2.75) is 19.8 Å². The number of likely N-dealkylation sites (N-methyl/N-ethyl adjacent to an activating group) is 1. The van der Waals surface area contributed by atoms with Crippen molar-refractivity contribution in [1.82, 2.24) is 4.90 Å². The van der Waals surface area contributed by atoms with Crippen LogP contribution in [0.5, 0.6) is 0 Å². The lowest BCUT2D eigenvalue weighted by Crippen LogP contribution is -2.35. The van der Waals surface area contributed by atoms with Crippen molar-refractivity contribution in [3.8, 4) is 11.3 Å². The molecule has 0 aliphatic rings.